The molecule has 3 nitrogen and oxygen atoms in total. The zero-order valence-corrected chi connectivity index (χ0v) is 8.03. The predicted octanol–water partition coefficient (Wildman–Crippen LogP) is 0.649. The van der Waals surface area contributed by atoms with Crippen LogP contribution >= 0.6 is 0 Å². The van der Waals surface area contributed by atoms with Crippen molar-refractivity contribution in [2.45, 2.75) is 13.0 Å². The monoisotopic (exact) mass is 179 g/mol. The van der Waals surface area contributed by atoms with Crippen molar-refractivity contribution in [1.29, 1.82) is 0 Å². The van der Waals surface area contributed by atoms with Crippen molar-refractivity contribution in [2.75, 3.05) is 19.6 Å². The molecule has 1 atom stereocenters. The van der Waals surface area contributed by atoms with Gasteiger partial charge in [-0.25, -0.2) is 0 Å². The van der Waals surface area contributed by atoms with E-state index >= 15 is 0 Å². The molecule has 3 heteroatoms. The van der Waals surface area contributed by atoms with E-state index < -0.39 is 0 Å². The molecule has 72 valence electrons. The number of hydrogen-bond donors (Lipinski definition) is 2. The fraction of sp³-hybridized carbons (Fsp3) is 0.500. The Morgan fingerprint density at radius 1 is 1.15 bits per heavy atom. The fourth-order valence-electron chi connectivity index (χ4n) is 1.11. The van der Waals surface area contributed by atoms with Crippen LogP contribution in [0.25, 0.3) is 0 Å². The molecule has 1 aliphatic rings. The average Bonchev–Trinajstić information content (AvgIpc) is 2.22. The summed E-state index contributed by atoms with van der Waals surface area (Å²) in [5.41, 5.74) is 0. The van der Waals surface area contributed by atoms with Crippen LogP contribution in [-0.2, 0) is 0 Å². The second-order valence-corrected chi connectivity index (χ2v) is 3.08. The fourth-order valence-corrected chi connectivity index (χ4v) is 1.11. The van der Waals surface area contributed by atoms with E-state index in [1.807, 2.05) is 18.2 Å². The minimum Gasteiger partial charge on any atom is -0.314 e. The first-order chi connectivity index (χ1) is 6.39. The highest BCUT2D eigenvalue weighted by molar-refractivity contribution is 4.88. The van der Waals surface area contributed by atoms with Crippen LogP contribution in [-0.4, -0.2) is 30.7 Å². The summed E-state index contributed by atoms with van der Waals surface area (Å²) < 4.78 is 0. The first kappa shape index (κ1) is 10.2. The lowest BCUT2D eigenvalue weighted by molar-refractivity contribution is 0.442. The summed E-state index contributed by atoms with van der Waals surface area (Å²) in [7, 11) is 0. The van der Waals surface area contributed by atoms with E-state index in [9.17, 15) is 0 Å². The van der Waals surface area contributed by atoms with Gasteiger partial charge in [-0.05, 0) is 19.1 Å². The SMILES string of the molecule is C[C@H]1CNCCN1.c1ccncc1. The Hall–Kier alpha value is -0.930. The van der Waals surface area contributed by atoms with E-state index in [0.717, 1.165) is 19.6 Å². The third kappa shape index (κ3) is 5.33. The highest BCUT2D eigenvalue weighted by Gasteiger charge is 2.03. The summed E-state index contributed by atoms with van der Waals surface area (Å²) in [6.45, 7) is 5.57. The maximum Gasteiger partial charge on any atom is 0.0267 e. The van der Waals surface area contributed by atoms with Crippen LogP contribution in [0.1, 0.15) is 6.92 Å². The van der Waals surface area contributed by atoms with Crippen LogP contribution in [0.3, 0.4) is 0 Å². The van der Waals surface area contributed by atoms with Gasteiger partial charge in [-0.15, -0.1) is 0 Å². The van der Waals surface area contributed by atoms with E-state index in [1.165, 1.54) is 0 Å². The minimum absolute atomic E-state index is 0.675. The topological polar surface area (TPSA) is 37.0 Å². The maximum absolute atomic E-state index is 3.78. The smallest absolute Gasteiger partial charge is 0.0267 e. The van der Waals surface area contributed by atoms with Gasteiger partial charge in [-0.2, -0.15) is 0 Å². The number of hydrogen-bond acceptors (Lipinski definition) is 3. The van der Waals surface area contributed by atoms with Gasteiger partial charge in [0.15, 0.2) is 0 Å². The van der Waals surface area contributed by atoms with E-state index in [1.54, 1.807) is 12.4 Å². The second kappa shape index (κ2) is 6.57. The molecule has 2 N–H and O–H groups in total. The van der Waals surface area contributed by atoms with Crippen molar-refractivity contribution in [3.05, 3.63) is 30.6 Å². The number of rotatable bonds is 0. The van der Waals surface area contributed by atoms with Crippen LogP contribution in [0.4, 0.5) is 0 Å². The molecule has 2 heterocycles. The molecule has 0 aromatic carbocycles. The zero-order chi connectivity index (χ0) is 9.36. The molecule has 0 saturated carbocycles. The number of nitrogens with zero attached hydrogens (tertiary/aromatic N) is 1. The molecule has 0 radical (unpaired) electrons. The number of aromatic nitrogens is 1. The van der Waals surface area contributed by atoms with Crippen molar-refractivity contribution >= 4 is 0 Å². The molecular weight excluding hydrogens is 162 g/mol. The maximum atomic E-state index is 3.78. The second-order valence-electron chi connectivity index (χ2n) is 3.08. The molecule has 1 aliphatic heterocycles. The minimum atomic E-state index is 0.675. The lowest BCUT2D eigenvalue weighted by Gasteiger charge is -2.19. The molecule has 0 unspecified atom stereocenters. The number of pyridine rings is 1. The summed E-state index contributed by atoms with van der Waals surface area (Å²) in [6, 6.07) is 6.39. The van der Waals surface area contributed by atoms with Gasteiger partial charge < -0.3 is 10.6 Å². The molecule has 0 bridgehead atoms. The molecule has 1 aromatic rings. The standard InChI is InChI=1S/C5H12N2.C5H5N/c1-5-4-6-2-3-7-5;1-2-4-6-5-3-1/h5-7H,2-4H2,1H3;1-5H/t5-;/m0./s1. The Morgan fingerprint density at radius 2 is 1.92 bits per heavy atom. The van der Waals surface area contributed by atoms with Gasteiger partial charge in [-0.3, -0.25) is 4.98 Å². The van der Waals surface area contributed by atoms with Crippen LogP contribution < -0.4 is 10.6 Å². The molecular formula is C10H17N3. The van der Waals surface area contributed by atoms with Crippen molar-refractivity contribution in [1.82, 2.24) is 15.6 Å². The lowest BCUT2D eigenvalue weighted by Crippen LogP contribution is -2.46. The van der Waals surface area contributed by atoms with Gasteiger partial charge in [0.2, 0.25) is 0 Å². The molecule has 1 fully saturated rings. The van der Waals surface area contributed by atoms with Gasteiger partial charge in [0.25, 0.3) is 0 Å². The van der Waals surface area contributed by atoms with Crippen molar-refractivity contribution < 1.29 is 0 Å². The summed E-state index contributed by atoms with van der Waals surface area (Å²) in [6.07, 6.45) is 3.50. The summed E-state index contributed by atoms with van der Waals surface area (Å²) in [5, 5.41) is 6.59. The van der Waals surface area contributed by atoms with Crippen molar-refractivity contribution in [2.24, 2.45) is 0 Å². The summed E-state index contributed by atoms with van der Waals surface area (Å²) in [4.78, 5) is 3.78. The third-order valence-corrected chi connectivity index (χ3v) is 1.81. The number of nitrogens with one attached hydrogen (secondary N) is 2. The summed E-state index contributed by atoms with van der Waals surface area (Å²) >= 11 is 0. The highest BCUT2D eigenvalue weighted by Crippen LogP contribution is 1.80. The molecule has 13 heavy (non-hydrogen) atoms. The van der Waals surface area contributed by atoms with E-state index in [-0.39, 0.29) is 0 Å². The van der Waals surface area contributed by atoms with Crippen LogP contribution in [0, 0.1) is 0 Å². The Bertz CT molecular complexity index is 168. The highest BCUT2D eigenvalue weighted by atomic mass is 15.0. The first-order valence-electron chi connectivity index (χ1n) is 4.68. The molecule has 0 amide bonds. The van der Waals surface area contributed by atoms with Gasteiger partial charge >= 0.3 is 0 Å². The normalized spacial score (nSPS) is 21.5. The van der Waals surface area contributed by atoms with Gasteiger partial charge in [0.05, 0.1) is 0 Å². The molecule has 1 saturated heterocycles. The van der Waals surface area contributed by atoms with E-state index in [2.05, 4.69) is 22.5 Å². The first-order valence-corrected chi connectivity index (χ1v) is 4.68. The zero-order valence-electron chi connectivity index (χ0n) is 8.03. The van der Waals surface area contributed by atoms with Crippen LogP contribution in [0.2, 0.25) is 0 Å². The van der Waals surface area contributed by atoms with Crippen molar-refractivity contribution in [3.63, 3.8) is 0 Å². The lowest BCUT2D eigenvalue weighted by atomic mass is 10.3. The number of piperazine rings is 1. The quantitative estimate of drug-likeness (QED) is 0.614. The van der Waals surface area contributed by atoms with Gasteiger partial charge in [0, 0.05) is 38.1 Å². The largest absolute Gasteiger partial charge is 0.314 e. The van der Waals surface area contributed by atoms with Crippen LogP contribution in [0.15, 0.2) is 30.6 Å². The van der Waals surface area contributed by atoms with E-state index in [0.29, 0.717) is 6.04 Å². The Morgan fingerprint density at radius 3 is 2.15 bits per heavy atom. The van der Waals surface area contributed by atoms with Crippen LogP contribution in [0.5, 0.6) is 0 Å². The molecule has 0 spiro atoms. The van der Waals surface area contributed by atoms with Gasteiger partial charge in [0.1, 0.15) is 0 Å². The Labute approximate surface area is 79.6 Å². The molecule has 0 aliphatic carbocycles. The van der Waals surface area contributed by atoms with E-state index in [4.69, 9.17) is 0 Å². The Kier molecular flexibility index (Phi) is 5.13. The molecule has 2 rings (SSSR count). The summed E-state index contributed by atoms with van der Waals surface area (Å²) in [5.74, 6) is 0. The average molecular weight is 179 g/mol. The van der Waals surface area contributed by atoms with Gasteiger partial charge in [-0.1, -0.05) is 6.07 Å². The third-order valence-electron chi connectivity index (χ3n) is 1.81. The Balaban J connectivity index is 0.000000132. The van der Waals surface area contributed by atoms with Crippen molar-refractivity contribution in [3.8, 4) is 0 Å². The molecule has 1 aromatic heterocycles. The predicted molar refractivity (Wildman–Crippen MR) is 54.6 cm³/mol.